The number of hydrogen-bond donors (Lipinski definition) is 1. The van der Waals surface area contributed by atoms with Crippen molar-refractivity contribution in [3.63, 3.8) is 0 Å². The number of carboxylic acid groups (broad SMARTS) is 1. The lowest BCUT2D eigenvalue weighted by Gasteiger charge is -2.31. The molecule has 4 nitrogen and oxygen atoms in total. The van der Waals surface area contributed by atoms with Gasteiger partial charge in [0.25, 0.3) is 0 Å². The smallest absolute Gasteiger partial charge is 0.320 e. The minimum Gasteiger partial charge on any atom is -0.480 e. The zero-order valence-electron chi connectivity index (χ0n) is 13.9. The Kier molecular flexibility index (Phi) is 5.16. The minimum atomic E-state index is -0.720. The number of aliphatic carboxylic acids is 1. The number of carbonyl (C=O) groups is 1. The Labute approximate surface area is 142 Å². The van der Waals surface area contributed by atoms with Crippen molar-refractivity contribution < 1.29 is 14.6 Å². The Morgan fingerprint density at radius 1 is 1.21 bits per heavy atom. The summed E-state index contributed by atoms with van der Waals surface area (Å²) in [5.41, 5.74) is 1.11. The van der Waals surface area contributed by atoms with Gasteiger partial charge in [0.1, 0.15) is 17.5 Å². The molecule has 1 N–H and O–H groups in total. The fourth-order valence-electron chi connectivity index (χ4n) is 3.50. The van der Waals surface area contributed by atoms with E-state index in [4.69, 9.17) is 4.74 Å². The van der Waals surface area contributed by atoms with Crippen molar-refractivity contribution in [1.29, 1.82) is 0 Å². The number of ether oxygens (including phenoxy) is 1. The second kappa shape index (κ2) is 7.49. The molecule has 1 fully saturated rings. The van der Waals surface area contributed by atoms with Gasteiger partial charge >= 0.3 is 5.97 Å². The SMILES string of the molecule is CCC(c1cccc(Oc2ccccc2)c1)N1CCCC1C(=O)O. The van der Waals surface area contributed by atoms with Crippen molar-refractivity contribution in [2.24, 2.45) is 0 Å². The van der Waals surface area contributed by atoms with Crippen LogP contribution in [0.4, 0.5) is 0 Å². The van der Waals surface area contributed by atoms with E-state index in [0.29, 0.717) is 0 Å². The predicted octanol–water partition coefficient (Wildman–Crippen LogP) is 4.48. The van der Waals surface area contributed by atoms with Crippen LogP contribution in [0.5, 0.6) is 11.5 Å². The lowest BCUT2D eigenvalue weighted by Crippen LogP contribution is -2.38. The average molecular weight is 325 g/mol. The van der Waals surface area contributed by atoms with Crippen LogP contribution in [-0.4, -0.2) is 28.6 Å². The number of benzene rings is 2. The second-order valence-electron chi connectivity index (χ2n) is 6.15. The second-order valence-corrected chi connectivity index (χ2v) is 6.15. The molecule has 126 valence electrons. The van der Waals surface area contributed by atoms with Gasteiger partial charge in [-0.1, -0.05) is 37.3 Å². The third kappa shape index (κ3) is 3.60. The predicted molar refractivity (Wildman–Crippen MR) is 93.4 cm³/mol. The molecule has 0 bridgehead atoms. The van der Waals surface area contributed by atoms with Crippen LogP contribution in [-0.2, 0) is 4.79 Å². The van der Waals surface area contributed by atoms with Crippen molar-refractivity contribution >= 4 is 5.97 Å². The zero-order valence-corrected chi connectivity index (χ0v) is 13.9. The molecule has 0 saturated carbocycles. The van der Waals surface area contributed by atoms with Crippen LogP contribution in [0.25, 0.3) is 0 Å². The standard InChI is InChI=1S/C20H23NO3/c1-2-18(21-13-7-12-19(21)20(22)23)15-8-6-11-17(14-15)24-16-9-4-3-5-10-16/h3-6,8-11,14,18-19H,2,7,12-13H2,1H3,(H,22,23). The van der Waals surface area contributed by atoms with E-state index in [1.807, 2.05) is 48.5 Å². The highest BCUT2D eigenvalue weighted by atomic mass is 16.5. The molecule has 2 atom stereocenters. The van der Waals surface area contributed by atoms with Gasteiger partial charge in [0.05, 0.1) is 0 Å². The molecule has 1 heterocycles. The van der Waals surface area contributed by atoms with Gasteiger partial charge in [0.2, 0.25) is 0 Å². The van der Waals surface area contributed by atoms with Gasteiger partial charge in [-0.2, -0.15) is 0 Å². The number of carboxylic acids is 1. The highest BCUT2D eigenvalue weighted by molar-refractivity contribution is 5.73. The van der Waals surface area contributed by atoms with Gasteiger partial charge in [0.15, 0.2) is 0 Å². The number of nitrogens with zero attached hydrogens (tertiary/aromatic N) is 1. The molecule has 1 aliphatic rings. The van der Waals surface area contributed by atoms with Gasteiger partial charge in [-0.25, -0.2) is 0 Å². The normalized spacial score (nSPS) is 19.1. The van der Waals surface area contributed by atoms with Crippen LogP contribution >= 0.6 is 0 Å². The lowest BCUT2D eigenvalue weighted by molar-refractivity contribution is -0.143. The van der Waals surface area contributed by atoms with Crippen molar-refractivity contribution in [2.75, 3.05) is 6.54 Å². The average Bonchev–Trinajstić information content (AvgIpc) is 3.07. The molecule has 0 amide bonds. The summed E-state index contributed by atoms with van der Waals surface area (Å²) in [7, 11) is 0. The first-order chi connectivity index (χ1) is 11.7. The fraction of sp³-hybridized carbons (Fsp3) is 0.350. The maximum atomic E-state index is 11.5. The summed E-state index contributed by atoms with van der Waals surface area (Å²) >= 11 is 0. The molecule has 0 radical (unpaired) electrons. The molecule has 1 aliphatic heterocycles. The Bertz CT molecular complexity index is 686. The highest BCUT2D eigenvalue weighted by Gasteiger charge is 2.35. The number of hydrogen-bond acceptors (Lipinski definition) is 3. The van der Waals surface area contributed by atoms with Crippen LogP contribution in [0.15, 0.2) is 54.6 Å². The fourth-order valence-corrected chi connectivity index (χ4v) is 3.50. The van der Waals surface area contributed by atoms with Crippen LogP contribution < -0.4 is 4.74 Å². The van der Waals surface area contributed by atoms with Gasteiger partial charge in [-0.05, 0) is 55.6 Å². The first-order valence-electron chi connectivity index (χ1n) is 8.50. The Hall–Kier alpha value is -2.33. The Morgan fingerprint density at radius 2 is 1.96 bits per heavy atom. The van der Waals surface area contributed by atoms with E-state index in [9.17, 15) is 9.90 Å². The van der Waals surface area contributed by atoms with Gasteiger partial charge in [0, 0.05) is 6.04 Å². The topological polar surface area (TPSA) is 49.8 Å². The summed E-state index contributed by atoms with van der Waals surface area (Å²) in [6.45, 7) is 2.94. The van der Waals surface area contributed by atoms with E-state index >= 15 is 0 Å². The third-order valence-electron chi connectivity index (χ3n) is 4.59. The van der Waals surface area contributed by atoms with E-state index in [-0.39, 0.29) is 12.1 Å². The summed E-state index contributed by atoms with van der Waals surface area (Å²) in [6.07, 6.45) is 2.54. The molecular weight excluding hydrogens is 302 g/mol. The molecule has 0 spiro atoms. The lowest BCUT2D eigenvalue weighted by atomic mass is 10.0. The van der Waals surface area contributed by atoms with Crippen LogP contribution in [0.2, 0.25) is 0 Å². The number of likely N-dealkylation sites (tertiary alicyclic amines) is 1. The molecule has 24 heavy (non-hydrogen) atoms. The quantitative estimate of drug-likeness (QED) is 0.851. The van der Waals surface area contributed by atoms with Crippen molar-refractivity contribution in [2.45, 2.75) is 38.3 Å². The maximum Gasteiger partial charge on any atom is 0.320 e. The molecule has 2 unspecified atom stereocenters. The highest BCUT2D eigenvalue weighted by Crippen LogP contribution is 2.34. The molecule has 2 aromatic rings. The molecule has 0 aliphatic carbocycles. The third-order valence-corrected chi connectivity index (χ3v) is 4.59. The number of rotatable bonds is 6. The molecule has 4 heteroatoms. The van der Waals surface area contributed by atoms with Crippen molar-refractivity contribution in [3.05, 3.63) is 60.2 Å². The summed E-state index contributed by atoms with van der Waals surface area (Å²) in [6, 6.07) is 17.4. The van der Waals surface area contributed by atoms with E-state index in [2.05, 4.69) is 17.9 Å². The zero-order chi connectivity index (χ0) is 16.9. The monoisotopic (exact) mass is 325 g/mol. The maximum absolute atomic E-state index is 11.5. The molecule has 3 rings (SSSR count). The van der Waals surface area contributed by atoms with Gasteiger partial charge in [-0.15, -0.1) is 0 Å². The summed E-state index contributed by atoms with van der Waals surface area (Å²) in [4.78, 5) is 13.6. The largest absolute Gasteiger partial charge is 0.480 e. The summed E-state index contributed by atoms with van der Waals surface area (Å²) < 4.78 is 5.92. The Morgan fingerprint density at radius 3 is 2.67 bits per heavy atom. The van der Waals surface area contributed by atoms with Crippen LogP contribution in [0, 0.1) is 0 Å². The molecule has 2 aromatic carbocycles. The molecule has 1 saturated heterocycles. The summed E-state index contributed by atoms with van der Waals surface area (Å²) in [5, 5.41) is 9.46. The van der Waals surface area contributed by atoms with Crippen molar-refractivity contribution in [1.82, 2.24) is 4.90 Å². The molecule has 0 aromatic heterocycles. The van der Waals surface area contributed by atoms with Crippen molar-refractivity contribution in [3.8, 4) is 11.5 Å². The minimum absolute atomic E-state index is 0.105. The number of para-hydroxylation sites is 1. The van der Waals surface area contributed by atoms with Crippen LogP contribution in [0.3, 0.4) is 0 Å². The van der Waals surface area contributed by atoms with Gasteiger partial charge < -0.3 is 9.84 Å². The summed E-state index contributed by atoms with van der Waals surface area (Å²) in [5.74, 6) is 0.859. The first kappa shape index (κ1) is 16.5. The van der Waals surface area contributed by atoms with E-state index in [0.717, 1.165) is 42.9 Å². The van der Waals surface area contributed by atoms with Gasteiger partial charge in [-0.3, -0.25) is 9.69 Å². The Balaban J connectivity index is 1.82. The molecular formula is C20H23NO3. The van der Waals surface area contributed by atoms with E-state index < -0.39 is 5.97 Å². The van der Waals surface area contributed by atoms with E-state index in [1.165, 1.54) is 0 Å². The van der Waals surface area contributed by atoms with E-state index in [1.54, 1.807) is 0 Å². The van der Waals surface area contributed by atoms with Crippen LogP contribution in [0.1, 0.15) is 37.8 Å². The first-order valence-corrected chi connectivity index (χ1v) is 8.50.